The number of benzene rings is 3. The van der Waals surface area contributed by atoms with Crippen LogP contribution in [0.3, 0.4) is 0 Å². The fraction of sp³-hybridized carbons (Fsp3) is 0.242. The van der Waals surface area contributed by atoms with Gasteiger partial charge in [-0.2, -0.15) is 0 Å². The number of esters is 1. The van der Waals surface area contributed by atoms with E-state index in [1.807, 2.05) is 6.07 Å². The van der Waals surface area contributed by atoms with E-state index in [1.165, 1.54) is 30.1 Å². The van der Waals surface area contributed by atoms with Crippen LogP contribution in [0, 0.1) is 0 Å². The van der Waals surface area contributed by atoms with Gasteiger partial charge < -0.3 is 23.7 Å². The summed E-state index contributed by atoms with van der Waals surface area (Å²) >= 11 is 13.5. The van der Waals surface area contributed by atoms with Gasteiger partial charge in [-0.1, -0.05) is 46.7 Å². The van der Waals surface area contributed by atoms with Gasteiger partial charge in [0.1, 0.15) is 24.1 Å². The van der Waals surface area contributed by atoms with Crippen molar-refractivity contribution in [2.24, 2.45) is 4.99 Å². The lowest BCUT2D eigenvalue weighted by atomic mass is 9.95. The second-order valence-corrected chi connectivity index (χ2v) is 11.7. The summed E-state index contributed by atoms with van der Waals surface area (Å²) in [5.41, 5.74) is 2.44. The Morgan fingerprint density at radius 1 is 0.978 bits per heavy atom. The summed E-state index contributed by atoms with van der Waals surface area (Å²) in [5, 5.41) is 1.04. The Hall–Kier alpha value is -4.25. The third kappa shape index (κ3) is 6.58. The number of carbonyl (C=O) groups is 1. The second-order valence-electron chi connectivity index (χ2n) is 9.84. The molecule has 4 aromatic rings. The van der Waals surface area contributed by atoms with E-state index in [9.17, 15) is 9.59 Å². The molecule has 12 heteroatoms. The lowest BCUT2D eigenvalue weighted by molar-refractivity contribution is -0.139. The van der Waals surface area contributed by atoms with Crippen molar-refractivity contribution in [3.05, 3.63) is 112 Å². The predicted octanol–water partition coefficient (Wildman–Crippen LogP) is 5.71. The van der Waals surface area contributed by atoms with Gasteiger partial charge in [-0.25, -0.2) is 9.79 Å². The summed E-state index contributed by atoms with van der Waals surface area (Å²) in [6.07, 6.45) is 1.75. The minimum absolute atomic E-state index is 0.167. The number of hydrogen-bond acceptors (Lipinski definition) is 9. The second kappa shape index (κ2) is 13.8. The summed E-state index contributed by atoms with van der Waals surface area (Å²) in [7, 11) is 4.61. The number of fused-ring (bicyclic) bond motifs is 1. The number of allylic oxidation sites excluding steroid dienone is 1. The van der Waals surface area contributed by atoms with Gasteiger partial charge in [-0.05, 0) is 61.9 Å². The molecule has 1 atom stereocenters. The number of aromatic nitrogens is 1. The van der Waals surface area contributed by atoms with Gasteiger partial charge in [-0.15, -0.1) is 0 Å². The molecule has 0 saturated carbocycles. The zero-order valence-electron chi connectivity index (χ0n) is 25.2. The number of rotatable bonds is 10. The SMILES string of the molecule is CCOC(=O)C1=C(C)N=c2s/c(=C\c3ccc(OCc4ccc(Cl)cc4Cl)c(OC)c3)c(=O)n2[C@H]1c1ccc(OC)cc1OC. The summed E-state index contributed by atoms with van der Waals surface area (Å²) in [5.74, 6) is 1.44. The van der Waals surface area contributed by atoms with Crippen LogP contribution in [0.25, 0.3) is 6.08 Å². The Balaban J connectivity index is 1.57. The maximum Gasteiger partial charge on any atom is 0.338 e. The third-order valence-electron chi connectivity index (χ3n) is 7.14. The van der Waals surface area contributed by atoms with Crippen molar-refractivity contribution in [2.45, 2.75) is 26.5 Å². The lowest BCUT2D eigenvalue weighted by Crippen LogP contribution is -2.40. The molecule has 45 heavy (non-hydrogen) atoms. The fourth-order valence-electron chi connectivity index (χ4n) is 4.97. The number of carbonyl (C=O) groups excluding carboxylic acids is 1. The van der Waals surface area contributed by atoms with Crippen LogP contribution in [-0.4, -0.2) is 38.5 Å². The Bertz CT molecular complexity index is 1980. The van der Waals surface area contributed by atoms with Crippen molar-refractivity contribution in [1.29, 1.82) is 0 Å². The van der Waals surface area contributed by atoms with Crippen LogP contribution < -0.4 is 33.8 Å². The number of ether oxygens (including phenoxy) is 5. The first-order chi connectivity index (χ1) is 21.7. The standard InChI is InChI=1S/C33H30Cl2N2O7S/c1-6-43-32(39)29-18(2)36-33-37(30(29)23-11-10-22(40-3)16-26(23)41-4)31(38)28(45-33)14-19-7-12-25(27(13-19)42-5)44-17-20-8-9-21(34)15-24(20)35/h7-16,30H,6,17H2,1-5H3/b28-14-/t30-/m0/s1. The molecule has 0 N–H and O–H groups in total. The Kier molecular flexibility index (Phi) is 9.86. The van der Waals surface area contributed by atoms with E-state index in [1.54, 1.807) is 75.6 Å². The quantitative estimate of drug-likeness (QED) is 0.200. The van der Waals surface area contributed by atoms with Gasteiger partial charge in [0, 0.05) is 27.2 Å². The molecular formula is C33H30Cl2N2O7S. The van der Waals surface area contributed by atoms with E-state index in [0.29, 0.717) is 59.2 Å². The Morgan fingerprint density at radius 3 is 2.44 bits per heavy atom. The molecule has 234 valence electrons. The van der Waals surface area contributed by atoms with Gasteiger partial charge in [0.2, 0.25) is 0 Å². The summed E-state index contributed by atoms with van der Waals surface area (Å²) in [4.78, 5) is 32.4. The smallest absolute Gasteiger partial charge is 0.338 e. The van der Waals surface area contributed by atoms with Gasteiger partial charge in [0.05, 0.1) is 43.7 Å². The number of methoxy groups -OCH3 is 3. The zero-order valence-corrected chi connectivity index (χ0v) is 27.5. The summed E-state index contributed by atoms with van der Waals surface area (Å²) in [6.45, 7) is 3.83. The molecule has 0 spiro atoms. The van der Waals surface area contributed by atoms with E-state index in [4.69, 9.17) is 46.9 Å². The van der Waals surface area contributed by atoms with Crippen molar-refractivity contribution in [3.8, 4) is 23.0 Å². The highest BCUT2D eigenvalue weighted by Gasteiger charge is 2.35. The van der Waals surface area contributed by atoms with E-state index >= 15 is 0 Å². The molecule has 0 saturated heterocycles. The summed E-state index contributed by atoms with van der Waals surface area (Å²) in [6, 6.07) is 15.0. The van der Waals surface area contributed by atoms with E-state index in [0.717, 1.165) is 5.56 Å². The van der Waals surface area contributed by atoms with E-state index in [-0.39, 0.29) is 24.3 Å². The number of thiazole rings is 1. The van der Waals surface area contributed by atoms with Gasteiger partial charge in [0.15, 0.2) is 16.3 Å². The maximum absolute atomic E-state index is 14.1. The van der Waals surface area contributed by atoms with Gasteiger partial charge in [-0.3, -0.25) is 9.36 Å². The Labute approximate surface area is 273 Å². The van der Waals surface area contributed by atoms with Gasteiger partial charge in [0.25, 0.3) is 5.56 Å². The van der Waals surface area contributed by atoms with E-state index in [2.05, 4.69) is 4.99 Å². The van der Waals surface area contributed by atoms with Crippen molar-refractivity contribution >= 4 is 46.6 Å². The van der Waals surface area contributed by atoms with Crippen LogP contribution in [0.15, 0.2) is 75.7 Å². The molecule has 0 bridgehead atoms. The molecule has 0 amide bonds. The normalized spacial score (nSPS) is 14.5. The summed E-state index contributed by atoms with van der Waals surface area (Å²) < 4.78 is 29.9. The number of halogens is 2. The molecule has 1 aliphatic rings. The highest BCUT2D eigenvalue weighted by molar-refractivity contribution is 7.07. The number of hydrogen-bond donors (Lipinski definition) is 0. The molecule has 1 aliphatic heterocycles. The van der Waals surface area contributed by atoms with Crippen LogP contribution >= 0.6 is 34.5 Å². The minimum Gasteiger partial charge on any atom is -0.497 e. The van der Waals surface area contributed by atoms with Crippen LogP contribution in [0.1, 0.15) is 36.6 Å². The zero-order chi connectivity index (χ0) is 32.2. The third-order valence-corrected chi connectivity index (χ3v) is 8.71. The molecule has 9 nitrogen and oxygen atoms in total. The molecule has 0 fully saturated rings. The maximum atomic E-state index is 14.1. The molecule has 0 radical (unpaired) electrons. The largest absolute Gasteiger partial charge is 0.497 e. The molecular weight excluding hydrogens is 639 g/mol. The molecule has 5 rings (SSSR count). The average molecular weight is 670 g/mol. The van der Waals surface area contributed by atoms with Crippen molar-refractivity contribution in [1.82, 2.24) is 4.57 Å². The van der Waals surface area contributed by atoms with Crippen LogP contribution in [0.2, 0.25) is 10.0 Å². The Morgan fingerprint density at radius 2 is 1.76 bits per heavy atom. The highest BCUT2D eigenvalue weighted by Crippen LogP contribution is 2.38. The first-order valence-corrected chi connectivity index (χ1v) is 15.4. The van der Waals surface area contributed by atoms with Crippen LogP contribution in [0.4, 0.5) is 0 Å². The molecule has 0 aliphatic carbocycles. The van der Waals surface area contributed by atoms with Crippen LogP contribution in [0.5, 0.6) is 23.0 Å². The van der Waals surface area contributed by atoms with Crippen molar-refractivity contribution in [3.63, 3.8) is 0 Å². The van der Waals surface area contributed by atoms with Crippen molar-refractivity contribution in [2.75, 3.05) is 27.9 Å². The first kappa shape index (κ1) is 32.2. The minimum atomic E-state index is -0.840. The first-order valence-electron chi connectivity index (χ1n) is 13.8. The monoisotopic (exact) mass is 668 g/mol. The topological polar surface area (TPSA) is 97.6 Å². The molecule has 1 aromatic heterocycles. The van der Waals surface area contributed by atoms with Gasteiger partial charge >= 0.3 is 5.97 Å². The fourth-order valence-corrected chi connectivity index (χ4v) is 6.48. The molecule has 3 aromatic carbocycles. The van der Waals surface area contributed by atoms with E-state index < -0.39 is 12.0 Å². The van der Waals surface area contributed by atoms with Crippen LogP contribution in [-0.2, 0) is 16.1 Å². The highest BCUT2D eigenvalue weighted by atomic mass is 35.5. The predicted molar refractivity (Wildman–Crippen MR) is 174 cm³/mol. The number of nitrogens with zero attached hydrogens (tertiary/aromatic N) is 2. The lowest BCUT2D eigenvalue weighted by Gasteiger charge is -2.26. The molecule has 2 heterocycles. The average Bonchev–Trinajstić information content (AvgIpc) is 3.33. The molecule has 0 unspecified atom stereocenters. The van der Waals surface area contributed by atoms with Crippen molar-refractivity contribution < 1.29 is 28.5 Å².